The molecule has 1 aliphatic heterocycles. The first-order valence-corrected chi connectivity index (χ1v) is 3.59. The molecule has 60 valence electrons. The highest BCUT2D eigenvalue weighted by Gasteiger charge is 2.30. The van der Waals surface area contributed by atoms with Crippen molar-refractivity contribution in [1.29, 1.82) is 5.26 Å². The summed E-state index contributed by atoms with van der Waals surface area (Å²) in [5.41, 5.74) is 0. The minimum absolute atomic E-state index is 0.360. The third kappa shape index (κ3) is 1.69. The first-order chi connectivity index (χ1) is 5.25. The van der Waals surface area contributed by atoms with E-state index in [2.05, 4.69) is 5.32 Å². The summed E-state index contributed by atoms with van der Waals surface area (Å²) in [5.74, 6) is -1.68. The molecule has 0 aliphatic carbocycles. The van der Waals surface area contributed by atoms with Crippen molar-refractivity contribution in [3.63, 3.8) is 0 Å². The Morgan fingerprint density at radius 2 is 2.45 bits per heavy atom. The number of rotatable bonds is 1. The van der Waals surface area contributed by atoms with Crippen LogP contribution in [-0.2, 0) is 4.79 Å². The lowest BCUT2D eigenvalue weighted by Gasteiger charge is -2.23. The molecule has 1 heterocycles. The Balaban J connectivity index is 2.60. The van der Waals surface area contributed by atoms with Crippen LogP contribution < -0.4 is 5.32 Å². The smallest absolute Gasteiger partial charge is 0.307 e. The van der Waals surface area contributed by atoms with Crippen LogP contribution in [0.1, 0.15) is 6.42 Å². The average molecular weight is 154 g/mol. The molecule has 1 saturated heterocycles. The maximum atomic E-state index is 10.5. The lowest BCUT2D eigenvalue weighted by molar-refractivity contribution is -0.143. The Labute approximate surface area is 64.8 Å². The predicted molar refractivity (Wildman–Crippen MR) is 37.7 cm³/mol. The topological polar surface area (TPSA) is 73.1 Å². The van der Waals surface area contributed by atoms with E-state index in [1.165, 1.54) is 0 Å². The molecular weight excluding hydrogens is 144 g/mol. The molecule has 0 radical (unpaired) electrons. The summed E-state index contributed by atoms with van der Waals surface area (Å²) < 4.78 is 0. The normalized spacial score (nSPS) is 30.8. The summed E-state index contributed by atoms with van der Waals surface area (Å²) in [5, 5.41) is 20.2. The van der Waals surface area contributed by atoms with Gasteiger partial charge in [-0.15, -0.1) is 0 Å². The van der Waals surface area contributed by atoms with Crippen LogP contribution >= 0.6 is 0 Å². The first-order valence-electron chi connectivity index (χ1n) is 3.59. The van der Waals surface area contributed by atoms with E-state index in [0.717, 1.165) is 0 Å². The highest BCUT2D eigenvalue weighted by Crippen LogP contribution is 2.18. The number of hydrogen-bond donors (Lipinski definition) is 2. The van der Waals surface area contributed by atoms with Crippen molar-refractivity contribution < 1.29 is 9.90 Å². The minimum Gasteiger partial charge on any atom is -0.481 e. The van der Waals surface area contributed by atoms with Crippen LogP contribution in [0, 0.1) is 23.2 Å². The Kier molecular flexibility index (Phi) is 2.44. The number of hydrogen-bond acceptors (Lipinski definition) is 3. The van der Waals surface area contributed by atoms with Crippen LogP contribution in [0.25, 0.3) is 0 Å². The third-order valence-electron chi connectivity index (χ3n) is 1.97. The minimum atomic E-state index is -0.849. The van der Waals surface area contributed by atoms with E-state index in [-0.39, 0.29) is 5.92 Å². The second-order valence-electron chi connectivity index (χ2n) is 2.67. The Hall–Kier alpha value is -1.08. The molecule has 0 aromatic heterocycles. The molecule has 1 aliphatic rings. The summed E-state index contributed by atoms with van der Waals surface area (Å²) in [6.07, 6.45) is 0.563. The molecule has 1 rings (SSSR count). The van der Waals surface area contributed by atoms with Gasteiger partial charge >= 0.3 is 5.97 Å². The molecular formula is C7H10N2O2. The number of piperidine rings is 1. The van der Waals surface area contributed by atoms with Gasteiger partial charge in [0, 0.05) is 6.54 Å². The lowest BCUT2D eigenvalue weighted by atomic mass is 9.88. The number of carboxylic acids is 1. The predicted octanol–water partition coefficient (Wildman–Crippen LogP) is -0.180. The Morgan fingerprint density at radius 3 is 2.91 bits per heavy atom. The SMILES string of the molecule is N#C[C@H]1CNCC[C@H]1C(=O)O. The number of nitrogens with one attached hydrogen (secondary N) is 1. The van der Waals surface area contributed by atoms with Crippen molar-refractivity contribution in [3.8, 4) is 6.07 Å². The molecule has 4 heteroatoms. The van der Waals surface area contributed by atoms with Gasteiger partial charge in [0.1, 0.15) is 0 Å². The van der Waals surface area contributed by atoms with E-state index in [1.807, 2.05) is 6.07 Å². The highest BCUT2D eigenvalue weighted by atomic mass is 16.4. The van der Waals surface area contributed by atoms with Gasteiger partial charge in [0.15, 0.2) is 0 Å². The molecule has 1 fully saturated rings. The molecule has 0 aromatic carbocycles. The summed E-state index contributed by atoms with van der Waals surface area (Å²) in [6.45, 7) is 1.21. The molecule has 4 nitrogen and oxygen atoms in total. The van der Waals surface area contributed by atoms with Gasteiger partial charge in [0.25, 0.3) is 0 Å². The monoisotopic (exact) mass is 154 g/mol. The molecule has 11 heavy (non-hydrogen) atoms. The van der Waals surface area contributed by atoms with Crippen molar-refractivity contribution in [3.05, 3.63) is 0 Å². The molecule has 0 bridgehead atoms. The zero-order chi connectivity index (χ0) is 8.27. The van der Waals surface area contributed by atoms with Gasteiger partial charge in [-0.1, -0.05) is 0 Å². The number of nitrogens with zero attached hydrogens (tertiary/aromatic N) is 1. The number of aliphatic carboxylic acids is 1. The highest BCUT2D eigenvalue weighted by molar-refractivity contribution is 5.71. The molecule has 0 saturated carbocycles. The summed E-state index contributed by atoms with van der Waals surface area (Å²) in [6, 6.07) is 1.99. The zero-order valence-electron chi connectivity index (χ0n) is 6.08. The van der Waals surface area contributed by atoms with Crippen molar-refractivity contribution in [2.45, 2.75) is 6.42 Å². The average Bonchev–Trinajstić information content (AvgIpc) is 2.04. The Morgan fingerprint density at radius 1 is 1.73 bits per heavy atom. The molecule has 0 aromatic rings. The van der Waals surface area contributed by atoms with Crippen molar-refractivity contribution in [2.75, 3.05) is 13.1 Å². The molecule has 2 N–H and O–H groups in total. The van der Waals surface area contributed by atoms with Crippen LogP contribution in [0.5, 0.6) is 0 Å². The molecule has 0 spiro atoms. The fourth-order valence-corrected chi connectivity index (χ4v) is 1.29. The van der Waals surface area contributed by atoms with Gasteiger partial charge in [0.2, 0.25) is 0 Å². The summed E-state index contributed by atoms with van der Waals surface area (Å²) in [7, 11) is 0. The van der Waals surface area contributed by atoms with Gasteiger partial charge in [0.05, 0.1) is 17.9 Å². The second-order valence-corrected chi connectivity index (χ2v) is 2.67. The summed E-state index contributed by atoms with van der Waals surface area (Å²) in [4.78, 5) is 10.5. The van der Waals surface area contributed by atoms with Crippen LogP contribution in [-0.4, -0.2) is 24.2 Å². The van der Waals surface area contributed by atoms with Gasteiger partial charge in [-0.05, 0) is 13.0 Å². The number of carbonyl (C=O) groups is 1. The van der Waals surface area contributed by atoms with Crippen molar-refractivity contribution in [1.82, 2.24) is 5.32 Å². The van der Waals surface area contributed by atoms with E-state index in [0.29, 0.717) is 19.5 Å². The maximum Gasteiger partial charge on any atom is 0.307 e. The number of carboxylic acid groups (broad SMARTS) is 1. The van der Waals surface area contributed by atoms with Gasteiger partial charge in [-0.3, -0.25) is 4.79 Å². The molecule has 0 unspecified atom stereocenters. The first kappa shape index (κ1) is 8.02. The fourth-order valence-electron chi connectivity index (χ4n) is 1.29. The van der Waals surface area contributed by atoms with E-state index >= 15 is 0 Å². The van der Waals surface area contributed by atoms with Gasteiger partial charge in [-0.25, -0.2) is 0 Å². The quantitative estimate of drug-likeness (QED) is 0.549. The van der Waals surface area contributed by atoms with E-state index in [4.69, 9.17) is 10.4 Å². The zero-order valence-corrected chi connectivity index (χ0v) is 6.08. The van der Waals surface area contributed by atoms with Gasteiger partial charge in [-0.2, -0.15) is 5.26 Å². The van der Waals surface area contributed by atoms with Gasteiger partial charge < -0.3 is 10.4 Å². The third-order valence-corrected chi connectivity index (χ3v) is 1.97. The largest absolute Gasteiger partial charge is 0.481 e. The van der Waals surface area contributed by atoms with Crippen LogP contribution in [0.4, 0.5) is 0 Å². The van der Waals surface area contributed by atoms with Crippen LogP contribution in [0.3, 0.4) is 0 Å². The van der Waals surface area contributed by atoms with Crippen LogP contribution in [0.15, 0.2) is 0 Å². The second kappa shape index (κ2) is 3.35. The Bertz CT molecular complexity index is 197. The fraction of sp³-hybridized carbons (Fsp3) is 0.714. The lowest BCUT2D eigenvalue weighted by Crippen LogP contribution is -2.39. The number of nitriles is 1. The van der Waals surface area contributed by atoms with E-state index in [9.17, 15) is 4.79 Å². The maximum absolute atomic E-state index is 10.5. The van der Waals surface area contributed by atoms with E-state index in [1.54, 1.807) is 0 Å². The van der Waals surface area contributed by atoms with Crippen LogP contribution in [0.2, 0.25) is 0 Å². The van der Waals surface area contributed by atoms with E-state index < -0.39 is 11.9 Å². The molecule has 0 amide bonds. The van der Waals surface area contributed by atoms with Crippen molar-refractivity contribution >= 4 is 5.97 Å². The van der Waals surface area contributed by atoms with Crippen molar-refractivity contribution in [2.24, 2.45) is 11.8 Å². The standard InChI is InChI=1S/C7H10N2O2/c8-3-5-4-9-2-1-6(5)7(10)11/h5-6,9H,1-2,4H2,(H,10,11)/t5-,6+/m0/s1. The molecule has 2 atom stereocenters. The summed E-state index contributed by atoms with van der Waals surface area (Å²) >= 11 is 0.